The maximum Gasteiger partial charge on any atom is 0.280 e. The molecule has 2 amide bonds. The monoisotopic (exact) mass is 575 g/mol. The van der Waals surface area contributed by atoms with Crippen molar-refractivity contribution < 1.29 is 27.6 Å². The molecule has 210 valence electrons. The lowest BCUT2D eigenvalue weighted by molar-refractivity contribution is -0.133. The number of hydrogen-bond donors (Lipinski definition) is 1. The number of aromatic nitrogens is 1. The van der Waals surface area contributed by atoms with Gasteiger partial charge in [0.25, 0.3) is 5.91 Å². The van der Waals surface area contributed by atoms with Gasteiger partial charge in [0.05, 0.1) is 23.4 Å². The van der Waals surface area contributed by atoms with Gasteiger partial charge in [-0.3, -0.25) is 19.8 Å². The number of benzene rings is 1. The third-order valence-corrected chi connectivity index (χ3v) is 10.3. The van der Waals surface area contributed by atoms with E-state index in [1.807, 2.05) is 11.8 Å². The van der Waals surface area contributed by atoms with E-state index in [9.17, 15) is 18.0 Å². The van der Waals surface area contributed by atoms with Crippen LogP contribution in [0.25, 0.3) is 0 Å². The van der Waals surface area contributed by atoms with Crippen LogP contribution in [0.15, 0.2) is 40.5 Å². The lowest BCUT2D eigenvalue weighted by atomic mass is 10.1. The van der Waals surface area contributed by atoms with Gasteiger partial charge in [0.1, 0.15) is 0 Å². The summed E-state index contributed by atoms with van der Waals surface area (Å²) in [7, 11) is -3.34. The van der Waals surface area contributed by atoms with Crippen LogP contribution in [0.5, 0.6) is 0 Å². The zero-order valence-electron chi connectivity index (χ0n) is 22.0. The van der Waals surface area contributed by atoms with Gasteiger partial charge < -0.3 is 14.5 Å². The van der Waals surface area contributed by atoms with Gasteiger partial charge in [-0.15, -0.1) is 11.3 Å². The topological polar surface area (TPSA) is 130 Å². The highest BCUT2D eigenvalue weighted by atomic mass is 32.2. The molecule has 1 aromatic heterocycles. The quantitative estimate of drug-likeness (QED) is 0.356. The van der Waals surface area contributed by atoms with Gasteiger partial charge in [0.15, 0.2) is 26.8 Å². The molecule has 2 atom stereocenters. The van der Waals surface area contributed by atoms with Crippen LogP contribution < -0.4 is 5.32 Å². The van der Waals surface area contributed by atoms with Crippen molar-refractivity contribution in [2.24, 2.45) is 5.16 Å². The molecule has 5 rings (SSSR count). The van der Waals surface area contributed by atoms with Crippen molar-refractivity contribution >= 4 is 43.8 Å². The Hall–Kier alpha value is -2.87. The smallest absolute Gasteiger partial charge is 0.280 e. The first kappa shape index (κ1) is 27.7. The molecule has 1 saturated carbocycles. The highest BCUT2D eigenvalue weighted by Gasteiger charge is 2.37. The van der Waals surface area contributed by atoms with E-state index < -0.39 is 15.7 Å². The molecule has 13 heteroatoms. The van der Waals surface area contributed by atoms with Crippen LogP contribution in [0.4, 0.5) is 5.13 Å². The fourth-order valence-electron chi connectivity index (χ4n) is 4.78. The Morgan fingerprint density at radius 3 is 2.62 bits per heavy atom. The molecule has 0 radical (unpaired) electrons. The zero-order valence-corrected chi connectivity index (χ0v) is 23.7. The molecule has 39 heavy (non-hydrogen) atoms. The van der Waals surface area contributed by atoms with E-state index in [0.29, 0.717) is 56.3 Å². The molecule has 1 aromatic carbocycles. The van der Waals surface area contributed by atoms with Gasteiger partial charge in [-0.25, -0.2) is 13.4 Å². The molecular formula is C26H33N5O6S2. The third-order valence-electron chi connectivity index (χ3n) is 7.09. The highest BCUT2D eigenvalue weighted by Crippen LogP contribution is 2.33. The molecule has 1 N–H and O–H groups in total. The maximum atomic E-state index is 13.3. The zero-order chi connectivity index (χ0) is 27.6. The molecule has 2 saturated heterocycles. The number of carbonyl (C=O) groups is 2. The van der Waals surface area contributed by atoms with Crippen LogP contribution in [0.1, 0.15) is 43.6 Å². The number of piperazine rings is 1. The van der Waals surface area contributed by atoms with Gasteiger partial charge in [-0.2, -0.15) is 0 Å². The van der Waals surface area contributed by atoms with Crippen molar-refractivity contribution in [2.45, 2.75) is 61.9 Å². The Kier molecular flexibility index (Phi) is 8.31. The molecule has 0 unspecified atom stereocenters. The van der Waals surface area contributed by atoms with E-state index in [2.05, 4.69) is 20.4 Å². The molecular weight excluding hydrogens is 542 g/mol. The molecule has 3 fully saturated rings. The predicted octanol–water partition coefficient (Wildman–Crippen LogP) is 2.28. The Balaban J connectivity index is 1.27. The van der Waals surface area contributed by atoms with Crippen molar-refractivity contribution in [2.75, 3.05) is 38.2 Å². The summed E-state index contributed by atoms with van der Waals surface area (Å²) in [5.41, 5.74) is 0.471. The van der Waals surface area contributed by atoms with Crippen LogP contribution in [0.3, 0.4) is 0 Å². The van der Waals surface area contributed by atoms with Gasteiger partial charge in [0, 0.05) is 62.2 Å². The average molecular weight is 576 g/mol. The second kappa shape index (κ2) is 11.7. The van der Waals surface area contributed by atoms with Crippen LogP contribution in [-0.2, 0) is 35.5 Å². The van der Waals surface area contributed by atoms with E-state index in [1.54, 1.807) is 25.3 Å². The van der Waals surface area contributed by atoms with E-state index in [0.717, 1.165) is 18.0 Å². The molecule has 3 heterocycles. The van der Waals surface area contributed by atoms with Crippen molar-refractivity contribution in [1.29, 1.82) is 0 Å². The SMILES string of the molecule is CC(=O)N1CCN(Cc2cnc(NC(=O)/C(=N/O[C@@H]3CCOC3)c3ccc(S(=O)(=O)C4CC4)cc3)s2)C[C@H]1C. The summed E-state index contributed by atoms with van der Waals surface area (Å²) < 4.78 is 30.5. The number of nitrogens with zero attached hydrogens (tertiary/aromatic N) is 4. The van der Waals surface area contributed by atoms with E-state index >= 15 is 0 Å². The van der Waals surface area contributed by atoms with Crippen molar-refractivity contribution in [3.63, 3.8) is 0 Å². The van der Waals surface area contributed by atoms with Crippen molar-refractivity contribution in [1.82, 2.24) is 14.8 Å². The van der Waals surface area contributed by atoms with Crippen molar-refractivity contribution in [3.05, 3.63) is 40.9 Å². The summed E-state index contributed by atoms with van der Waals surface area (Å²) in [4.78, 5) is 40.4. The number of sulfone groups is 1. The largest absolute Gasteiger partial charge is 0.389 e. The molecule has 3 aliphatic rings. The lowest BCUT2D eigenvalue weighted by Crippen LogP contribution is -2.52. The summed E-state index contributed by atoms with van der Waals surface area (Å²) in [6.07, 6.45) is 3.52. The molecule has 1 aliphatic carbocycles. The number of rotatable bonds is 9. The van der Waals surface area contributed by atoms with Gasteiger partial charge in [-0.05, 0) is 31.9 Å². The lowest BCUT2D eigenvalue weighted by Gasteiger charge is -2.39. The van der Waals surface area contributed by atoms with E-state index in [1.165, 1.54) is 23.5 Å². The minimum atomic E-state index is -3.34. The predicted molar refractivity (Wildman–Crippen MR) is 146 cm³/mol. The minimum absolute atomic E-state index is 0.0307. The number of anilines is 1. The first-order valence-corrected chi connectivity index (χ1v) is 15.5. The Bertz CT molecular complexity index is 1330. The van der Waals surface area contributed by atoms with Gasteiger partial charge >= 0.3 is 0 Å². The van der Waals surface area contributed by atoms with Crippen molar-refractivity contribution in [3.8, 4) is 0 Å². The van der Waals surface area contributed by atoms with Crippen LogP contribution in [-0.4, -0.2) is 91.0 Å². The summed E-state index contributed by atoms with van der Waals surface area (Å²) in [6.45, 7) is 7.50. The second-order valence-corrected chi connectivity index (χ2v) is 13.5. The summed E-state index contributed by atoms with van der Waals surface area (Å²) in [5.74, 6) is -0.415. The van der Waals surface area contributed by atoms with Gasteiger partial charge in [0.2, 0.25) is 5.91 Å². The third kappa shape index (κ3) is 6.65. The molecule has 0 spiro atoms. The van der Waals surface area contributed by atoms with Crippen LogP contribution >= 0.6 is 11.3 Å². The number of thiazole rings is 1. The fourth-order valence-corrected chi connectivity index (χ4v) is 7.29. The van der Waals surface area contributed by atoms with E-state index in [-0.39, 0.29) is 33.9 Å². The maximum absolute atomic E-state index is 13.3. The molecule has 11 nitrogen and oxygen atoms in total. The fraction of sp³-hybridized carbons (Fsp3) is 0.538. The number of hydrogen-bond acceptors (Lipinski definition) is 10. The van der Waals surface area contributed by atoms with E-state index in [4.69, 9.17) is 9.57 Å². The normalized spacial score (nSPS) is 22.6. The first-order valence-electron chi connectivity index (χ1n) is 13.1. The number of ether oxygens (including phenoxy) is 1. The number of amides is 2. The van der Waals surface area contributed by atoms with Crippen LogP contribution in [0, 0.1) is 0 Å². The van der Waals surface area contributed by atoms with Crippen LogP contribution in [0.2, 0.25) is 0 Å². The molecule has 2 aromatic rings. The summed E-state index contributed by atoms with van der Waals surface area (Å²) in [5, 5.41) is 7.08. The Morgan fingerprint density at radius 1 is 1.21 bits per heavy atom. The summed E-state index contributed by atoms with van der Waals surface area (Å²) in [6, 6.07) is 6.32. The summed E-state index contributed by atoms with van der Waals surface area (Å²) >= 11 is 1.37. The molecule has 2 aliphatic heterocycles. The average Bonchev–Trinajstić information content (AvgIpc) is 3.49. The highest BCUT2D eigenvalue weighted by molar-refractivity contribution is 7.92. The second-order valence-electron chi connectivity index (χ2n) is 10.2. The number of oxime groups is 1. The first-order chi connectivity index (χ1) is 18.7. The Labute approximate surface area is 232 Å². The standard InChI is InChI=1S/C26H33N5O6S2/c1-17-14-30(10-11-31(17)18(2)32)15-21-13-27-26(38-21)28-25(33)24(29-37-20-9-12-36-16-20)19-3-5-22(6-4-19)39(34,35)23-7-8-23/h3-6,13,17,20,23H,7-12,14-16H2,1-2H3,(H,27,28,33)/b29-24+/t17-,20-/m1/s1. The number of nitrogens with one attached hydrogen (secondary N) is 1. The Morgan fingerprint density at radius 2 is 1.97 bits per heavy atom. The molecule has 0 bridgehead atoms. The number of carbonyl (C=O) groups excluding carboxylic acids is 2. The van der Waals surface area contributed by atoms with Gasteiger partial charge in [-0.1, -0.05) is 17.3 Å². The minimum Gasteiger partial charge on any atom is -0.389 e.